The maximum atomic E-state index is 12.4. The van der Waals surface area contributed by atoms with Crippen LogP contribution in [0.2, 0.25) is 5.02 Å². The van der Waals surface area contributed by atoms with Crippen molar-refractivity contribution < 1.29 is 13.9 Å². The van der Waals surface area contributed by atoms with Crippen molar-refractivity contribution in [1.29, 1.82) is 0 Å². The van der Waals surface area contributed by atoms with E-state index < -0.39 is 6.10 Å². The number of carbonyl (C=O) groups excluding carboxylic acids is 1. The Morgan fingerprint density at radius 2 is 2.17 bits per heavy atom. The number of hydrogen-bond acceptors (Lipinski definition) is 4. The lowest BCUT2D eigenvalue weighted by molar-refractivity contribution is -0.122. The lowest BCUT2D eigenvalue weighted by atomic mass is 10.1. The van der Waals surface area contributed by atoms with E-state index >= 15 is 0 Å². The minimum atomic E-state index is -0.557. The molecule has 23 heavy (non-hydrogen) atoms. The molecule has 1 N–H and O–H groups in total. The van der Waals surface area contributed by atoms with E-state index in [4.69, 9.17) is 20.8 Å². The molecular formula is C17H13ClN2O3. The second-order valence-corrected chi connectivity index (χ2v) is 5.90. The quantitative estimate of drug-likeness (QED) is 0.778. The van der Waals surface area contributed by atoms with Crippen molar-refractivity contribution in [3.05, 3.63) is 52.9 Å². The van der Waals surface area contributed by atoms with Gasteiger partial charge < -0.3 is 14.5 Å². The number of aryl methyl sites for hydroxylation is 1. The largest absolute Gasteiger partial charge is 0.480 e. The molecule has 1 atom stereocenters. The number of ether oxygens (including phenoxy) is 1. The Labute approximate surface area is 137 Å². The molecule has 0 saturated carbocycles. The number of rotatable bonds is 2. The number of anilines is 1. The number of oxazole rings is 1. The maximum Gasteiger partial charge on any atom is 0.265 e. The number of nitrogens with one attached hydrogen (secondary N) is 1. The van der Waals surface area contributed by atoms with E-state index in [1.165, 1.54) is 0 Å². The predicted molar refractivity (Wildman–Crippen MR) is 86.9 cm³/mol. The van der Waals surface area contributed by atoms with Gasteiger partial charge in [-0.15, -0.1) is 0 Å². The Balaban J connectivity index is 1.51. The molecule has 3 aromatic rings. The van der Waals surface area contributed by atoms with Crippen LogP contribution in [0.1, 0.15) is 11.5 Å². The van der Waals surface area contributed by atoms with Gasteiger partial charge in [-0.3, -0.25) is 4.79 Å². The van der Waals surface area contributed by atoms with Crippen LogP contribution in [0, 0.1) is 6.92 Å². The van der Waals surface area contributed by atoms with Crippen molar-refractivity contribution in [1.82, 2.24) is 4.98 Å². The molecule has 1 amide bonds. The van der Waals surface area contributed by atoms with Crippen LogP contribution in [0.15, 0.2) is 40.8 Å². The van der Waals surface area contributed by atoms with Crippen molar-refractivity contribution in [3.63, 3.8) is 0 Å². The van der Waals surface area contributed by atoms with E-state index in [9.17, 15) is 4.79 Å². The van der Waals surface area contributed by atoms with E-state index in [0.717, 1.165) is 5.56 Å². The minimum Gasteiger partial charge on any atom is -0.480 e. The molecule has 6 heteroatoms. The highest BCUT2D eigenvalue weighted by Gasteiger charge is 2.29. The summed E-state index contributed by atoms with van der Waals surface area (Å²) in [6.45, 7) is 1.78. The highest BCUT2D eigenvalue weighted by molar-refractivity contribution is 6.30. The smallest absolute Gasteiger partial charge is 0.265 e. The maximum absolute atomic E-state index is 12.4. The van der Waals surface area contributed by atoms with Gasteiger partial charge in [0.1, 0.15) is 11.3 Å². The molecule has 0 saturated heterocycles. The Morgan fingerprint density at radius 3 is 3.04 bits per heavy atom. The van der Waals surface area contributed by atoms with E-state index in [0.29, 0.717) is 39.9 Å². The van der Waals surface area contributed by atoms with Crippen molar-refractivity contribution >= 4 is 34.3 Å². The van der Waals surface area contributed by atoms with Crippen LogP contribution < -0.4 is 10.1 Å². The van der Waals surface area contributed by atoms with Crippen LogP contribution in [-0.4, -0.2) is 17.0 Å². The Hall–Kier alpha value is -2.53. The van der Waals surface area contributed by atoms with Gasteiger partial charge >= 0.3 is 0 Å². The summed E-state index contributed by atoms with van der Waals surface area (Å²) in [4.78, 5) is 16.7. The lowest BCUT2D eigenvalue weighted by Crippen LogP contribution is -2.31. The summed E-state index contributed by atoms with van der Waals surface area (Å²) in [7, 11) is 0. The minimum absolute atomic E-state index is 0.197. The standard InChI is InChI=1S/C17H13ClN2O3/c1-9-19-13-8-12(3-5-15(13)22-9)20-17(21)16-7-10-6-11(18)2-4-14(10)23-16/h2-6,8,16H,7H2,1H3,(H,20,21)/t16-/m1/s1. The molecule has 1 aliphatic heterocycles. The first-order valence-electron chi connectivity index (χ1n) is 7.21. The number of halogens is 1. The molecule has 0 spiro atoms. The molecule has 2 heterocycles. The number of fused-ring (bicyclic) bond motifs is 2. The van der Waals surface area contributed by atoms with Crippen LogP contribution in [0.3, 0.4) is 0 Å². The first kappa shape index (κ1) is 14.1. The number of nitrogens with zero attached hydrogens (tertiary/aromatic N) is 1. The number of aromatic nitrogens is 1. The fourth-order valence-electron chi connectivity index (χ4n) is 2.71. The SMILES string of the molecule is Cc1nc2cc(NC(=O)[C@H]3Cc4cc(Cl)ccc4O3)ccc2o1. The van der Waals surface area contributed by atoms with Gasteiger partial charge in [0.25, 0.3) is 5.91 Å². The highest BCUT2D eigenvalue weighted by Crippen LogP contribution is 2.31. The van der Waals surface area contributed by atoms with E-state index in [1.807, 2.05) is 6.07 Å². The molecule has 4 rings (SSSR count). The highest BCUT2D eigenvalue weighted by atomic mass is 35.5. The molecule has 1 aliphatic rings. The number of hydrogen-bond donors (Lipinski definition) is 1. The van der Waals surface area contributed by atoms with Gasteiger partial charge in [-0.25, -0.2) is 4.98 Å². The predicted octanol–water partition coefficient (Wildman–Crippen LogP) is 3.73. The van der Waals surface area contributed by atoms with Crippen LogP contribution in [0.25, 0.3) is 11.1 Å². The van der Waals surface area contributed by atoms with Crippen molar-refractivity contribution in [2.75, 3.05) is 5.32 Å². The van der Waals surface area contributed by atoms with Gasteiger partial charge in [0.15, 0.2) is 17.6 Å². The summed E-state index contributed by atoms with van der Waals surface area (Å²) in [6.07, 6.45) is -0.0502. The van der Waals surface area contributed by atoms with Crippen LogP contribution in [0.4, 0.5) is 5.69 Å². The summed E-state index contributed by atoms with van der Waals surface area (Å²) in [5, 5.41) is 3.50. The zero-order chi connectivity index (χ0) is 16.0. The molecule has 0 bridgehead atoms. The third-order valence-corrected chi connectivity index (χ3v) is 3.99. The summed E-state index contributed by atoms with van der Waals surface area (Å²) < 4.78 is 11.1. The summed E-state index contributed by atoms with van der Waals surface area (Å²) in [5.41, 5.74) is 3.01. The second kappa shape index (κ2) is 5.28. The topological polar surface area (TPSA) is 64.4 Å². The summed E-state index contributed by atoms with van der Waals surface area (Å²) >= 11 is 5.97. The Bertz CT molecular complexity index is 919. The van der Waals surface area contributed by atoms with E-state index in [2.05, 4.69) is 10.3 Å². The molecule has 5 nitrogen and oxygen atoms in total. The fraction of sp³-hybridized carbons (Fsp3) is 0.176. The second-order valence-electron chi connectivity index (χ2n) is 5.47. The monoisotopic (exact) mass is 328 g/mol. The summed E-state index contributed by atoms with van der Waals surface area (Å²) in [5.74, 6) is 1.10. The molecule has 0 radical (unpaired) electrons. The average molecular weight is 329 g/mol. The van der Waals surface area contributed by atoms with Crippen LogP contribution >= 0.6 is 11.6 Å². The molecule has 1 aromatic heterocycles. The number of benzene rings is 2. The lowest BCUT2D eigenvalue weighted by Gasteiger charge is -2.11. The van der Waals surface area contributed by atoms with Crippen molar-refractivity contribution in [3.8, 4) is 5.75 Å². The van der Waals surface area contributed by atoms with Crippen molar-refractivity contribution in [2.45, 2.75) is 19.4 Å². The van der Waals surface area contributed by atoms with Gasteiger partial charge in [-0.05, 0) is 42.0 Å². The molecule has 2 aromatic carbocycles. The Morgan fingerprint density at radius 1 is 1.30 bits per heavy atom. The normalized spacial score (nSPS) is 16.2. The van der Waals surface area contributed by atoms with Gasteiger partial charge in [-0.2, -0.15) is 0 Å². The summed E-state index contributed by atoms with van der Waals surface area (Å²) in [6, 6.07) is 10.7. The van der Waals surface area contributed by atoms with E-state index in [1.54, 1.807) is 37.3 Å². The first-order chi connectivity index (χ1) is 11.1. The van der Waals surface area contributed by atoms with Gasteiger partial charge in [0, 0.05) is 24.1 Å². The molecule has 0 fully saturated rings. The zero-order valence-electron chi connectivity index (χ0n) is 12.3. The fourth-order valence-corrected chi connectivity index (χ4v) is 2.90. The van der Waals surface area contributed by atoms with Crippen molar-refractivity contribution in [2.24, 2.45) is 0 Å². The molecular weight excluding hydrogens is 316 g/mol. The van der Waals surface area contributed by atoms with E-state index in [-0.39, 0.29) is 5.91 Å². The zero-order valence-corrected chi connectivity index (χ0v) is 13.1. The average Bonchev–Trinajstić information content (AvgIpc) is 3.08. The molecule has 0 aliphatic carbocycles. The Kier molecular flexibility index (Phi) is 3.23. The first-order valence-corrected chi connectivity index (χ1v) is 7.59. The third-order valence-electron chi connectivity index (χ3n) is 3.75. The number of carbonyl (C=O) groups is 1. The third kappa shape index (κ3) is 2.64. The van der Waals surface area contributed by atoms with Gasteiger partial charge in [0.2, 0.25) is 0 Å². The van der Waals surface area contributed by atoms with Gasteiger partial charge in [-0.1, -0.05) is 11.6 Å². The van der Waals surface area contributed by atoms with Crippen LogP contribution in [-0.2, 0) is 11.2 Å². The molecule has 0 unspecified atom stereocenters. The molecule has 116 valence electrons. The number of amides is 1. The van der Waals surface area contributed by atoms with Crippen LogP contribution in [0.5, 0.6) is 5.75 Å². The van der Waals surface area contributed by atoms with Gasteiger partial charge in [0.05, 0.1) is 0 Å².